The van der Waals surface area contributed by atoms with Crippen LogP contribution in [0.15, 0.2) is 65.0 Å². The first kappa shape index (κ1) is 23.3. The molecule has 182 valence electrons. The molecular formula is C29H30FNO4. The maximum Gasteiger partial charge on any atom is 0.336 e. The van der Waals surface area contributed by atoms with Crippen LogP contribution in [0.3, 0.4) is 0 Å². The Morgan fingerprint density at radius 1 is 1.11 bits per heavy atom. The number of aryl methyl sites for hydroxylation is 1. The number of fused-ring (bicyclic) bond motifs is 1. The number of carbonyl (C=O) groups excluding carboxylic acids is 2. The van der Waals surface area contributed by atoms with Gasteiger partial charge in [0.05, 0.1) is 12.7 Å². The quantitative estimate of drug-likeness (QED) is 0.597. The van der Waals surface area contributed by atoms with Crippen LogP contribution in [0.4, 0.5) is 4.39 Å². The number of ether oxygens (including phenoxy) is 2. The Bertz CT molecular complexity index is 1270. The van der Waals surface area contributed by atoms with Gasteiger partial charge in [-0.15, -0.1) is 0 Å². The third-order valence-electron chi connectivity index (χ3n) is 7.37. The Hall–Kier alpha value is -3.41. The molecule has 0 radical (unpaired) electrons. The summed E-state index contributed by atoms with van der Waals surface area (Å²) in [7, 11) is 1.36. The molecule has 6 heteroatoms. The van der Waals surface area contributed by atoms with Crippen molar-refractivity contribution in [3.63, 3.8) is 0 Å². The van der Waals surface area contributed by atoms with Crippen LogP contribution < -0.4 is 10.1 Å². The molecule has 2 aromatic rings. The zero-order chi connectivity index (χ0) is 24.9. The van der Waals surface area contributed by atoms with Gasteiger partial charge in [0, 0.05) is 29.3 Å². The van der Waals surface area contributed by atoms with E-state index in [2.05, 4.69) is 25.2 Å². The van der Waals surface area contributed by atoms with E-state index in [1.165, 1.54) is 19.2 Å². The third-order valence-corrected chi connectivity index (χ3v) is 7.37. The molecule has 1 N–H and O–H groups in total. The highest BCUT2D eigenvalue weighted by Crippen LogP contribution is 2.47. The van der Waals surface area contributed by atoms with Gasteiger partial charge in [-0.25, -0.2) is 9.18 Å². The molecule has 3 aliphatic rings. The molecule has 0 bridgehead atoms. The smallest absolute Gasteiger partial charge is 0.336 e. The standard InChI is InChI=1S/C29H30FNO4/c1-16-25(28(33)34-4)26(19-7-10-24-18(13-19)11-12-29(2,3)35-24)27-22(31-16)14-20(15-23(27)32)17-5-8-21(30)9-6-17/h5-10,13,20,26,31H,11-12,14-15H2,1-4H3/t20-,26-/m0/s1. The molecule has 0 saturated carbocycles. The molecule has 2 aliphatic heterocycles. The number of nitrogens with one attached hydrogen (secondary N) is 1. The van der Waals surface area contributed by atoms with Crippen LogP contribution in [0, 0.1) is 5.82 Å². The van der Waals surface area contributed by atoms with Crippen LogP contribution in [0.2, 0.25) is 0 Å². The van der Waals surface area contributed by atoms with E-state index in [4.69, 9.17) is 9.47 Å². The van der Waals surface area contributed by atoms with E-state index in [1.807, 2.05) is 19.1 Å². The van der Waals surface area contributed by atoms with Crippen molar-refractivity contribution >= 4 is 11.8 Å². The van der Waals surface area contributed by atoms with Crippen LogP contribution in [-0.2, 0) is 20.7 Å². The van der Waals surface area contributed by atoms with Gasteiger partial charge in [-0.3, -0.25) is 4.79 Å². The summed E-state index contributed by atoms with van der Waals surface area (Å²) in [5.74, 6) is -0.479. The molecule has 5 rings (SSSR count). The summed E-state index contributed by atoms with van der Waals surface area (Å²) in [5.41, 5.74) is 5.25. The highest BCUT2D eigenvalue weighted by Gasteiger charge is 2.41. The van der Waals surface area contributed by atoms with Crippen molar-refractivity contribution in [2.24, 2.45) is 0 Å². The fourth-order valence-corrected chi connectivity index (χ4v) is 5.58. The molecule has 0 amide bonds. The lowest BCUT2D eigenvalue weighted by Gasteiger charge is -2.37. The summed E-state index contributed by atoms with van der Waals surface area (Å²) in [6.45, 7) is 6.00. The number of hydrogen-bond acceptors (Lipinski definition) is 5. The van der Waals surface area contributed by atoms with Crippen molar-refractivity contribution in [2.75, 3.05) is 7.11 Å². The van der Waals surface area contributed by atoms with Gasteiger partial charge in [-0.1, -0.05) is 24.3 Å². The van der Waals surface area contributed by atoms with Gasteiger partial charge in [0.1, 0.15) is 17.2 Å². The lowest BCUT2D eigenvalue weighted by Crippen LogP contribution is -2.36. The predicted octanol–water partition coefficient (Wildman–Crippen LogP) is 5.46. The molecule has 2 heterocycles. The van der Waals surface area contributed by atoms with Crippen LogP contribution in [0.1, 0.15) is 68.6 Å². The average Bonchev–Trinajstić information content (AvgIpc) is 2.82. The Morgan fingerprint density at radius 2 is 1.83 bits per heavy atom. The molecule has 0 fully saturated rings. The largest absolute Gasteiger partial charge is 0.488 e. The first-order chi connectivity index (χ1) is 16.7. The molecular weight excluding hydrogens is 445 g/mol. The molecule has 1 aliphatic carbocycles. The van der Waals surface area contributed by atoms with E-state index in [9.17, 15) is 14.0 Å². The van der Waals surface area contributed by atoms with E-state index in [1.54, 1.807) is 12.1 Å². The van der Waals surface area contributed by atoms with Crippen molar-refractivity contribution in [1.29, 1.82) is 0 Å². The first-order valence-electron chi connectivity index (χ1n) is 12.1. The van der Waals surface area contributed by atoms with Crippen molar-refractivity contribution in [3.8, 4) is 5.75 Å². The zero-order valence-corrected chi connectivity index (χ0v) is 20.5. The van der Waals surface area contributed by atoms with Gasteiger partial charge in [-0.2, -0.15) is 0 Å². The number of carbonyl (C=O) groups is 2. The van der Waals surface area contributed by atoms with Crippen LogP contribution in [0.5, 0.6) is 5.75 Å². The van der Waals surface area contributed by atoms with E-state index in [-0.39, 0.29) is 23.1 Å². The summed E-state index contributed by atoms with van der Waals surface area (Å²) >= 11 is 0. The maximum atomic E-state index is 13.6. The van der Waals surface area contributed by atoms with Gasteiger partial charge >= 0.3 is 5.97 Å². The first-order valence-corrected chi connectivity index (χ1v) is 12.1. The van der Waals surface area contributed by atoms with Crippen LogP contribution in [0.25, 0.3) is 0 Å². The highest BCUT2D eigenvalue weighted by molar-refractivity contribution is 6.04. The van der Waals surface area contributed by atoms with Crippen LogP contribution in [-0.4, -0.2) is 24.5 Å². The SMILES string of the molecule is COC(=O)C1=C(C)NC2=C(C(=O)C[C@@H](c3ccc(F)cc3)C2)[C@H]1c1ccc2c(c1)CCC(C)(C)O2. The molecule has 0 unspecified atom stereocenters. The van der Waals surface area contributed by atoms with E-state index in [0.29, 0.717) is 29.7 Å². The normalized spacial score (nSPS) is 23.2. The lowest BCUT2D eigenvalue weighted by molar-refractivity contribution is -0.136. The van der Waals surface area contributed by atoms with Gasteiger partial charge in [-0.05, 0) is 80.8 Å². The number of Topliss-reactive ketones (excluding diaryl/α,β-unsaturated/α-hetero) is 1. The van der Waals surface area contributed by atoms with Gasteiger partial charge < -0.3 is 14.8 Å². The van der Waals surface area contributed by atoms with Crippen molar-refractivity contribution in [1.82, 2.24) is 5.32 Å². The number of ketones is 1. The molecule has 0 saturated heterocycles. The molecule has 2 aromatic carbocycles. The Balaban J connectivity index is 1.58. The highest BCUT2D eigenvalue weighted by atomic mass is 19.1. The summed E-state index contributed by atoms with van der Waals surface area (Å²) in [6, 6.07) is 12.3. The number of methoxy groups -OCH3 is 1. The maximum absolute atomic E-state index is 13.6. The van der Waals surface area contributed by atoms with Gasteiger partial charge in [0.2, 0.25) is 0 Å². The third kappa shape index (κ3) is 4.26. The second-order valence-electron chi connectivity index (χ2n) is 10.3. The number of allylic oxidation sites excluding steroid dienone is 3. The number of rotatable bonds is 3. The fraction of sp³-hybridized carbons (Fsp3) is 0.379. The number of esters is 1. The second-order valence-corrected chi connectivity index (χ2v) is 10.3. The summed E-state index contributed by atoms with van der Waals surface area (Å²) in [5, 5.41) is 3.34. The Morgan fingerprint density at radius 3 is 2.54 bits per heavy atom. The molecule has 0 aromatic heterocycles. The number of hydrogen-bond donors (Lipinski definition) is 1. The van der Waals surface area contributed by atoms with Crippen molar-refractivity contribution < 1.29 is 23.5 Å². The topological polar surface area (TPSA) is 64.6 Å². The number of halogens is 1. The summed E-state index contributed by atoms with van der Waals surface area (Å²) in [4.78, 5) is 26.5. The summed E-state index contributed by atoms with van der Waals surface area (Å²) in [6.07, 6.45) is 2.67. The average molecular weight is 476 g/mol. The minimum atomic E-state index is -0.513. The van der Waals surface area contributed by atoms with Gasteiger partial charge in [0.15, 0.2) is 5.78 Å². The van der Waals surface area contributed by atoms with E-state index in [0.717, 1.165) is 41.0 Å². The van der Waals surface area contributed by atoms with Crippen LogP contribution >= 0.6 is 0 Å². The Kier molecular flexibility index (Phi) is 5.78. The van der Waals surface area contributed by atoms with E-state index >= 15 is 0 Å². The van der Waals surface area contributed by atoms with Crippen molar-refractivity contribution in [2.45, 2.75) is 63.9 Å². The van der Waals surface area contributed by atoms with Crippen molar-refractivity contribution in [3.05, 3.63) is 87.5 Å². The summed E-state index contributed by atoms with van der Waals surface area (Å²) < 4.78 is 24.8. The molecule has 0 spiro atoms. The Labute approximate surface area is 205 Å². The number of dihydropyridines is 1. The lowest BCUT2D eigenvalue weighted by atomic mass is 9.71. The zero-order valence-electron chi connectivity index (χ0n) is 20.5. The monoisotopic (exact) mass is 475 g/mol. The molecule has 5 nitrogen and oxygen atoms in total. The van der Waals surface area contributed by atoms with E-state index < -0.39 is 11.9 Å². The minimum absolute atomic E-state index is 0.0120. The van der Waals surface area contributed by atoms with Gasteiger partial charge in [0.25, 0.3) is 0 Å². The number of benzene rings is 2. The minimum Gasteiger partial charge on any atom is -0.488 e. The predicted molar refractivity (Wildman–Crippen MR) is 130 cm³/mol. The fourth-order valence-electron chi connectivity index (χ4n) is 5.58. The second kappa shape index (κ2) is 8.67. The molecule has 2 atom stereocenters. The molecule has 35 heavy (non-hydrogen) atoms.